The molecular weight excluding hydrogens is 484 g/mol. The third kappa shape index (κ3) is 5.56. The highest BCUT2D eigenvalue weighted by molar-refractivity contribution is 7.87. The van der Waals surface area contributed by atoms with Crippen LogP contribution in [0.15, 0.2) is 89.8 Å². The van der Waals surface area contributed by atoms with Crippen LogP contribution in [-0.4, -0.2) is 34.6 Å². The minimum absolute atomic E-state index is 0.129. The van der Waals surface area contributed by atoms with E-state index in [4.69, 9.17) is 13.7 Å². The van der Waals surface area contributed by atoms with Crippen molar-refractivity contribution in [3.63, 3.8) is 0 Å². The van der Waals surface area contributed by atoms with E-state index in [0.717, 1.165) is 17.9 Å². The van der Waals surface area contributed by atoms with Crippen LogP contribution in [0.4, 0.5) is 16.2 Å². The number of carbonyl (C=O) groups is 2. The molecule has 0 saturated heterocycles. The van der Waals surface area contributed by atoms with Crippen molar-refractivity contribution >= 4 is 44.3 Å². The number of methoxy groups -OCH3 is 2. The Kier molecular flexibility index (Phi) is 7.07. The minimum Gasteiger partial charge on any atom is -0.497 e. The van der Waals surface area contributed by atoms with E-state index >= 15 is 0 Å². The first kappa shape index (κ1) is 24.6. The van der Waals surface area contributed by atoms with E-state index in [0.29, 0.717) is 11.4 Å². The van der Waals surface area contributed by atoms with Crippen molar-refractivity contribution in [1.29, 1.82) is 0 Å². The van der Waals surface area contributed by atoms with Crippen LogP contribution in [0.25, 0.3) is 10.8 Å². The number of carbonyl (C=O) groups excluding carboxylic acids is 2. The van der Waals surface area contributed by atoms with Gasteiger partial charge >= 0.3 is 22.1 Å². The van der Waals surface area contributed by atoms with E-state index in [2.05, 4.69) is 10.6 Å². The number of rotatable bonds is 7. The summed E-state index contributed by atoms with van der Waals surface area (Å²) in [6.45, 7) is 0. The molecule has 2 N–H and O–H groups in total. The molecular formula is C26H22N2O7S. The van der Waals surface area contributed by atoms with Gasteiger partial charge in [0.25, 0.3) is 0 Å². The zero-order valence-corrected chi connectivity index (χ0v) is 20.2. The van der Waals surface area contributed by atoms with Crippen LogP contribution in [0.5, 0.6) is 11.5 Å². The number of nitrogens with one attached hydrogen (secondary N) is 2. The van der Waals surface area contributed by atoms with Gasteiger partial charge in [0.05, 0.1) is 14.2 Å². The van der Waals surface area contributed by atoms with Crippen molar-refractivity contribution < 1.29 is 31.7 Å². The summed E-state index contributed by atoms with van der Waals surface area (Å²) in [4.78, 5) is 24.8. The molecule has 0 aliphatic rings. The molecule has 4 aromatic rings. The van der Waals surface area contributed by atoms with Crippen molar-refractivity contribution in [3.8, 4) is 11.5 Å². The Hall–Kier alpha value is -4.57. The summed E-state index contributed by atoms with van der Waals surface area (Å²) >= 11 is 0. The first-order chi connectivity index (χ1) is 17.3. The van der Waals surface area contributed by atoms with E-state index in [1.807, 2.05) is 36.4 Å². The Morgan fingerprint density at radius 1 is 0.750 bits per heavy atom. The lowest BCUT2D eigenvalue weighted by Gasteiger charge is -2.13. The van der Waals surface area contributed by atoms with Crippen molar-refractivity contribution in [2.45, 2.75) is 4.90 Å². The molecule has 4 rings (SSSR count). The lowest BCUT2D eigenvalue weighted by molar-refractivity contribution is 0.0599. The molecule has 9 nitrogen and oxygen atoms in total. The minimum atomic E-state index is -4.26. The van der Waals surface area contributed by atoms with Gasteiger partial charge in [-0.05, 0) is 65.4 Å². The van der Waals surface area contributed by atoms with Crippen LogP contribution in [0.2, 0.25) is 0 Å². The molecule has 0 aliphatic carbocycles. The summed E-state index contributed by atoms with van der Waals surface area (Å²) in [6, 6.07) is 22.2. The lowest BCUT2D eigenvalue weighted by Crippen LogP contribution is -2.20. The maximum absolute atomic E-state index is 12.7. The van der Waals surface area contributed by atoms with Gasteiger partial charge in [0, 0.05) is 11.4 Å². The number of urea groups is 1. The standard InChI is InChI=1S/C26H22N2O7S/c1-33-21-10-12-22(13-11-21)36(31,32)35-24-14-9-20(16-23(24)25(29)34-2)28-26(30)27-19-8-7-17-5-3-4-6-18(17)15-19/h3-16H,1-2H3,(H2,27,28,30). The largest absolute Gasteiger partial charge is 0.497 e. The quantitative estimate of drug-likeness (QED) is 0.266. The Labute approximate surface area is 207 Å². The van der Waals surface area contributed by atoms with Gasteiger partial charge in [-0.25, -0.2) is 9.59 Å². The number of ether oxygens (including phenoxy) is 2. The number of fused-ring (bicyclic) bond motifs is 1. The van der Waals surface area contributed by atoms with Gasteiger partial charge in [-0.2, -0.15) is 8.42 Å². The molecule has 0 fully saturated rings. The average Bonchev–Trinajstić information content (AvgIpc) is 2.88. The lowest BCUT2D eigenvalue weighted by atomic mass is 10.1. The molecule has 10 heteroatoms. The normalized spacial score (nSPS) is 10.9. The molecule has 0 unspecified atom stereocenters. The van der Waals surface area contributed by atoms with Gasteiger partial charge < -0.3 is 24.3 Å². The molecule has 36 heavy (non-hydrogen) atoms. The Bertz CT molecular complexity index is 1530. The molecule has 0 aliphatic heterocycles. The number of anilines is 2. The second-order valence-corrected chi connectivity index (χ2v) is 9.10. The number of amides is 2. The fraction of sp³-hybridized carbons (Fsp3) is 0.0769. The maximum atomic E-state index is 12.7. The van der Waals surface area contributed by atoms with Crippen molar-refractivity contribution in [3.05, 3.63) is 90.5 Å². The predicted molar refractivity (Wildman–Crippen MR) is 135 cm³/mol. The number of benzene rings is 4. The van der Waals surface area contributed by atoms with E-state index < -0.39 is 22.1 Å². The number of hydrogen-bond acceptors (Lipinski definition) is 7. The molecule has 0 spiro atoms. The summed E-state index contributed by atoms with van der Waals surface area (Å²) in [6.07, 6.45) is 0. The summed E-state index contributed by atoms with van der Waals surface area (Å²) in [5.74, 6) is -0.617. The van der Waals surface area contributed by atoms with Crippen molar-refractivity contribution in [1.82, 2.24) is 0 Å². The Morgan fingerprint density at radius 2 is 1.39 bits per heavy atom. The van der Waals surface area contributed by atoms with Crippen LogP contribution < -0.4 is 19.6 Å². The fourth-order valence-electron chi connectivity index (χ4n) is 3.42. The molecule has 0 radical (unpaired) electrons. The summed E-state index contributed by atoms with van der Waals surface area (Å²) < 4.78 is 40.5. The molecule has 0 aromatic heterocycles. The van der Waals surface area contributed by atoms with Gasteiger partial charge in [-0.15, -0.1) is 0 Å². The number of hydrogen-bond donors (Lipinski definition) is 2. The Morgan fingerprint density at radius 3 is 2.06 bits per heavy atom. The summed E-state index contributed by atoms with van der Waals surface area (Å²) in [5.41, 5.74) is 0.617. The molecule has 4 aromatic carbocycles. The highest BCUT2D eigenvalue weighted by Gasteiger charge is 2.22. The topological polar surface area (TPSA) is 120 Å². The molecule has 2 amide bonds. The van der Waals surface area contributed by atoms with Crippen LogP contribution >= 0.6 is 0 Å². The average molecular weight is 507 g/mol. The molecule has 0 atom stereocenters. The second kappa shape index (κ2) is 10.4. The van der Waals surface area contributed by atoms with Gasteiger partial charge in [-0.3, -0.25) is 0 Å². The van der Waals surface area contributed by atoms with Gasteiger partial charge in [0.1, 0.15) is 16.2 Å². The zero-order chi connectivity index (χ0) is 25.7. The van der Waals surface area contributed by atoms with Crippen LogP contribution in [0, 0.1) is 0 Å². The van der Waals surface area contributed by atoms with Crippen molar-refractivity contribution in [2.24, 2.45) is 0 Å². The first-order valence-electron chi connectivity index (χ1n) is 10.7. The van der Waals surface area contributed by atoms with Crippen LogP contribution in [-0.2, 0) is 14.9 Å². The van der Waals surface area contributed by atoms with Gasteiger partial charge in [0.2, 0.25) is 0 Å². The molecule has 0 saturated carbocycles. The summed E-state index contributed by atoms with van der Waals surface area (Å²) in [5, 5.41) is 7.34. The predicted octanol–water partition coefficient (Wildman–Crippen LogP) is 5.05. The number of esters is 1. The molecule has 0 heterocycles. The van der Waals surface area contributed by atoms with Crippen LogP contribution in [0.1, 0.15) is 10.4 Å². The molecule has 0 bridgehead atoms. The first-order valence-corrected chi connectivity index (χ1v) is 12.1. The SMILES string of the molecule is COC(=O)c1cc(NC(=O)Nc2ccc3ccccc3c2)ccc1OS(=O)(=O)c1ccc(OC)cc1. The van der Waals surface area contributed by atoms with Crippen molar-refractivity contribution in [2.75, 3.05) is 24.9 Å². The van der Waals surface area contributed by atoms with E-state index in [-0.39, 0.29) is 21.9 Å². The fourth-order valence-corrected chi connectivity index (χ4v) is 4.37. The maximum Gasteiger partial charge on any atom is 0.341 e. The Balaban J connectivity index is 1.53. The highest BCUT2D eigenvalue weighted by Crippen LogP contribution is 2.28. The summed E-state index contributed by atoms with van der Waals surface area (Å²) in [7, 11) is -1.65. The van der Waals surface area contributed by atoms with E-state index in [1.165, 1.54) is 49.6 Å². The zero-order valence-electron chi connectivity index (χ0n) is 19.3. The highest BCUT2D eigenvalue weighted by atomic mass is 32.2. The van der Waals surface area contributed by atoms with Crippen LogP contribution in [0.3, 0.4) is 0 Å². The monoisotopic (exact) mass is 506 g/mol. The third-order valence-electron chi connectivity index (χ3n) is 5.20. The smallest absolute Gasteiger partial charge is 0.341 e. The van der Waals surface area contributed by atoms with E-state index in [9.17, 15) is 18.0 Å². The molecule has 184 valence electrons. The van der Waals surface area contributed by atoms with Gasteiger partial charge in [-0.1, -0.05) is 30.3 Å². The van der Waals surface area contributed by atoms with Gasteiger partial charge in [0.15, 0.2) is 5.75 Å². The van der Waals surface area contributed by atoms with E-state index in [1.54, 1.807) is 6.07 Å². The second-order valence-electron chi connectivity index (χ2n) is 7.56. The third-order valence-corrected chi connectivity index (χ3v) is 6.45.